The fourth-order valence-electron chi connectivity index (χ4n) is 2.04. The maximum absolute atomic E-state index is 11.8. The van der Waals surface area contributed by atoms with Gasteiger partial charge in [-0.2, -0.15) is 0 Å². The molecule has 3 amide bonds. The van der Waals surface area contributed by atoms with Crippen LogP contribution in [0.1, 0.15) is 29.6 Å². The van der Waals surface area contributed by atoms with Crippen molar-refractivity contribution in [3.05, 3.63) is 34.9 Å². The fourth-order valence-corrected chi connectivity index (χ4v) is 2.17. The minimum Gasteiger partial charge on any atom is -0.333 e. The zero-order valence-corrected chi connectivity index (χ0v) is 12.2. The molecule has 0 saturated carbocycles. The first-order chi connectivity index (χ1) is 10.1. The quantitative estimate of drug-likeness (QED) is 0.821. The largest absolute Gasteiger partial charge is 0.333 e. The van der Waals surface area contributed by atoms with Gasteiger partial charge in [-0.15, -0.1) is 0 Å². The zero-order valence-electron chi connectivity index (χ0n) is 11.4. The zero-order chi connectivity index (χ0) is 15.2. The number of likely N-dealkylation sites (tertiary alicyclic amines) is 1. The number of carbonyl (C=O) groups excluding carboxylic acids is 3. The van der Waals surface area contributed by atoms with Gasteiger partial charge in [0, 0.05) is 23.6 Å². The van der Waals surface area contributed by atoms with Gasteiger partial charge < -0.3 is 4.90 Å². The van der Waals surface area contributed by atoms with Gasteiger partial charge in [0.25, 0.3) is 11.8 Å². The normalized spacial score (nSPS) is 14.7. The van der Waals surface area contributed by atoms with E-state index in [0.717, 1.165) is 12.8 Å². The lowest BCUT2D eigenvalue weighted by Gasteiger charge is -2.25. The van der Waals surface area contributed by atoms with Gasteiger partial charge in [0.2, 0.25) is 5.91 Å². The molecule has 1 aliphatic rings. The lowest BCUT2D eigenvalue weighted by molar-refractivity contribution is -0.138. The summed E-state index contributed by atoms with van der Waals surface area (Å²) in [7, 11) is 0. The van der Waals surface area contributed by atoms with Gasteiger partial charge in [-0.3, -0.25) is 25.2 Å². The Hall–Kier alpha value is -2.08. The van der Waals surface area contributed by atoms with Crippen LogP contribution in [0.2, 0.25) is 5.02 Å². The Bertz CT molecular complexity index is 545. The molecule has 2 N–H and O–H groups in total. The van der Waals surface area contributed by atoms with Crippen LogP contribution in [0, 0.1) is 0 Å². The number of hydrogen-bond acceptors (Lipinski definition) is 3. The maximum Gasteiger partial charge on any atom is 0.269 e. The average molecular weight is 310 g/mol. The van der Waals surface area contributed by atoms with Crippen molar-refractivity contribution < 1.29 is 14.4 Å². The molecule has 21 heavy (non-hydrogen) atoms. The second-order valence-corrected chi connectivity index (χ2v) is 5.22. The molecule has 0 unspecified atom stereocenters. The molecule has 0 aromatic heterocycles. The standard InChI is InChI=1S/C14H16ClN3O3/c15-11-6-4-10(5-7-11)14(21)17-16-12(19)9-18-8-2-1-3-13(18)20/h4-7H,1-3,8-9H2,(H,16,19)(H,17,21). The number of hydrogen-bond donors (Lipinski definition) is 2. The van der Waals surface area contributed by atoms with E-state index in [9.17, 15) is 14.4 Å². The first-order valence-corrected chi connectivity index (χ1v) is 7.06. The number of benzene rings is 1. The molecule has 0 bridgehead atoms. The Morgan fingerprint density at radius 3 is 2.52 bits per heavy atom. The van der Waals surface area contributed by atoms with E-state index in [1.165, 1.54) is 4.90 Å². The molecular formula is C14H16ClN3O3. The predicted octanol–water partition coefficient (Wildman–Crippen LogP) is 1.11. The summed E-state index contributed by atoms with van der Waals surface area (Å²) >= 11 is 5.73. The highest BCUT2D eigenvalue weighted by Crippen LogP contribution is 2.10. The van der Waals surface area contributed by atoms with Crippen molar-refractivity contribution in [2.75, 3.05) is 13.1 Å². The monoisotopic (exact) mass is 309 g/mol. The lowest BCUT2D eigenvalue weighted by atomic mass is 10.1. The lowest BCUT2D eigenvalue weighted by Crippen LogP contribution is -2.48. The predicted molar refractivity (Wildman–Crippen MR) is 77.5 cm³/mol. The highest BCUT2D eigenvalue weighted by Gasteiger charge is 2.20. The van der Waals surface area contributed by atoms with Crippen LogP contribution in [0.3, 0.4) is 0 Å². The van der Waals surface area contributed by atoms with Crippen molar-refractivity contribution in [2.45, 2.75) is 19.3 Å². The molecule has 112 valence electrons. The second-order valence-electron chi connectivity index (χ2n) is 4.78. The molecule has 0 atom stereocenters. The smallest absolute Gasteiger partial charge is 0.269 e. The Labute approximate surface area is 127 Å². The molecule has 1 aromatic carbocycles. The summed E-state index contributed by atoms with van der Waals surface area (Å²) in [5.41, 5.74) is 4.98. The number of amides is 3. The summed E-state index contributed by atoms with van der Waals surface area (Å²) < 4.78 is 0. The Kier molecular flexibility index (Phi) is 5.16. The summed E-state index contributed by atoms with van der Waals surface area (Å²) in [5.74, 6) is -0.891. The van der Waals surface area contributed by atoms with Crippen LogP contribution < -0.4 is 10.9 Å². The molecule has 0 spiro atoms. The third-order valence-electron chi connectivity index (χ3n) is 3.18. The van der Waals surface area contributed by atoms with Crippen molar-refractivity contribution in [1.29, 1.82) is 0 Å². The van der Waals surface area contributed by atoms with E-state index in [4.69, 9.17) is 11.6 Å². The highest BCUT2D eigenvalue weighted by atomic mass is 35.5. The van der Waals surface area contributed by atoms with Gasteiger partial charge in [0.05, 0.1) is 0 Å². The number of halogens is 1. The molecule has 0 aliphatic carbocycles. The van der Waals surface area contributed by atoms with E-state index < -0.39 is 11.8 Å². The Morgan fingerprint density at radius 1 is 1.14 bits per heavy atom. The first kappa shape index (κ1) is 15.3. The van der Waals surface area contributed by atoms with Crippen LogP contribution in [-0.4, -0.2) is 35.7 Å². The number of nitrogens with zero attached hydrogens (tertiary/aromatic N) is 1. The van der Waals surface area contributed by atoms with Gasteiger partial charge in [-0.1, -0.05) is 11.6 Å². The van der Waals surface area contributed by atoms with Gasteiger partial charge in [-0.05, 0) is 37.1 Å². The molecule has 7 heteroatoms. The number of carbonyl (C=O) groups is 3. The van der Waals surface area contributed by atoms with Crippen molar-refractivity contribution in [1.82, 2.24) is 15.8 Å². The van der Waals surface area contributed by atoms with E-state index in [1.54, 1.807) is 24.3 Å². The minimum absolute atomic E-state index is 0.0274. The molecular weight excluding hydrogens is 294 g/mol. The molecule has 0 radical (unpaired) electrons. The third kappa shape index (κ3) is 4.46. The second kappa shape index (κ2) is 7.08. The maximum atomic E-state index is 11.8. The molecule has 1 heterocycles. The van der Waals surface area contributed by atoms with E-state index in [1.807, 2.05) is 0 Å². The van der Waals surface area contributed by atoms with E-state index in [-0.39, 0.29) is 12.5 Å². The molecule has 1 fully saturated rings. The Morgan fingerprint density at radius 2 is 1.86 bits per heavy atom. The number of piperidine rings is 1. The van der Waals surface area contributed by atoms with Crippen LogP contribution in [0.5, 0.6) is 0 Å². The summed E-state index contributed by atoms with van der Waals surface area (Å²) in [6.07, 6.45) is 2.24. The fraction of sp³-hybridized carbons (Fsp3) is 0.357. The summed E-state index contributed by atoms with van der Waals surface area (Å²) in [4.78, 5) is 36.5. The molecule has 1 aliphatic heterocycles. The SMILES string of the molecule is O=C(CN1CCCCC1=O)NNC(=O)c1ccc(Cl)cc1. The van der Waals surface area contributed by atoms with E-state index >= 15 is 0 Å². The molecule has 1 saturated heterocycles. The molecule has 6 nitrogen and oxygen atoms in total. The van der Waals surface area contributed by atoms with Crippen molar-refractivity contribution in [3.8, 4) is 0 Å². The van der Waals surface area contributed by atoms with Crippen molar-refractivity contribution in [2.24, 2.45) is 0 Å². The van der Waals surface area contributed by atoms with Crippen LogP contribution in [0.25, 0.3) is 0 Å². The Balaban J connectivity index is 1.79. The highest BCUT2D eigenvalue weighted by molar-refractivity contribution is 6.30. The van der Waals surface area contributed by atoms with Gasteiger partial charge in [-0.25, -0.2) is 0 Å². The molecule has 2 rings (SSSR count). The van der Waals surface area contributed by atoms with Gasteiger partial charge in [0.15, 0.2) is 0 Å². The topological polar surface area (TPSA) is 78.5 Å². The van der Waals surface area contributed by atoms with Crippen LogP contribution in [-0.2, 0) is 9.59 Å². The van der Waals surface area contributed by atoms with Gasteiger partial charge >= 0.3 is 0 Å². The number of rotatable bonds is 3. The summed E-state index contributed by atoms with van der Waals surface area (Å²) in [5, 5.41) is 0.527. The average Bonchev–Trinajstić information content (AvgIpc) is 2.48. The van der Waals surface area contributed by atoms with E-state index in [2.05, 4.69) is 10.9 Å². The van der Waals surface area contributed by atoms with Gasteiger partial charge in [0.1, 0.15) is 6.54 Å². The van der Waals surface area contributed by atoms with Crippen LogP contribution >= 0.6 is 11.6 Å². The third-order valence-corrected chi connectivity index (χ3v) is 3.43. The minimum atomic E-state index is -0.440. The van der Waals surface area contributed by atoms with Crippen molar-refractivity contribution >= 4 is 29.3 Å². The van der Waals surface area contributed by atoms with Crippen LogP contribution in [0.4, 0.5) is 0 Å². The summed E-state index contributed by atoms with van der Waals surface area (Å²) in [6, 6.07) is 6.28. The van der Waals surface area contributed by atoms with E-state index in [0.29, 0.717) is 23.6 Å². The molecule has 1 aromatic rings. The number of hydrazine groups is 1. The summed E-state index contributed by atoms with van der Waals surface area (Å²) in [6.45, 7) is 0.539. The van der Waals surface area contributed by atoms with Crippen molar-refractivity contribution in [3.63, 3.8) is 0 Å². The van der Waals surface area contributed by atoms with Crippen LogP contribution in [0.15, 0.2) is 24.3 Å². The number of nitrogens with one attached hydrogen (secondary N) is 2. The first-order valence-electron chi connectivity index (χ1n) is 6.69.